The average molecular weight is 350 g/mol. The molecule has 0 aliphatic carbocycles. The van der Waals surface area contributed by atoms with Gasteiger partial charge in [-0.3, -0.25) is 0 Å². The number of hydrogen-bond acceptors (Lipinski definition) is 4. The van der Waals surface area contributed by atoms with Crippen LogP contribution in [0.5, 0.6) is 17.2 Å². The van der Waals surface area contributed by atoms with Gasteiger partial charge in [0.05, 0.1) is 6.61 Å². The van der Waals surface area contributed by atoms with Crippen molar-refractivity contribution in [2.45, 2.75) is 12.5 Å². The second kappa shape index (κ2) is 9.40. The molecule has 1 heterocycles. The van der Waals surface area contributed by atoms with E-state index in [0.717, 1.165) is 43.4 Å². The van der Waals surface area contributed by atoms with Crippen molar-refractivity contribution < 1.29 is 14.2 Å². The predicted octanol–water partition coefficient (Wildman–Crippen LogP) is 3.65. The minimum absolute atomic E-state index is 0. The van der Waals surface area contributed by atoms with Crippen LogP contribution in [-0.4, -0.2) is 44.4 Å². The monoisotopic (exact) mass is 349 g/mol. The molecule has 2 aromatic carbocycles. The summed E-state index contributed by atoms with van der Waals surface area (Å²) in [5, 5.41) is 0. The van der Waals surface area contributed by atoms with E-state index in [1.165, 1.54) is 0 Å². The lowest BCUT2D eigenvalue weighted by Gasteiger charge is -2.29. The quantitative estimate of drug-likeness (QED) is 0.714. The van der Waals surface area contributed by atoms with Gasteiger partial charge in [-0.25, -0.2) is 0 Å². The van der Waals surface area contributed by atoms with E-state index >= 15 is 0 Å². The summed E-state index contributed by atoms with van der Waals surface area (Å²) in [4.78, 5) is 2.26. The van der Waals surface area contributed by atoms with Crippen LogP contribution >= 0.6 is 12.4 Å². The van der Waals surface area contributed by atoms with E-state index in [9.17, 15) is 0 Å². The first-order valence-electron chi connectivity index (χ1n) is 8.06. The fourth-order valence-electron chi connectivity index (χ4n) is 2.63. The van der Waals surface area contributed by atoms with Crippen molar-refractivity contribution in [1.82, 2.24) is 4.90 Å². The highest BCUT2D eigenvalue weighted by atomic mass is 35.5. The third kappa shape index (κ3) is 5.32. The molecule has 2 aromatic rings. The van der Waals surface area contributed by atoms with Gasteiger partial charge in [-0.2, -0.15) is 0 Å². The summed E-state index contributed by atoms with van der Waals surface area (Å²) in [6.45, 7) is 3.13. The van der Waals surface area contributed by atoms with Gasteiger partial charge in [0, 0.05) is 13.1 Å². The minimum atomic E-state index is 0. The van der Waals surface area contributed by atoms with E-state index in [2.05, 4.69) is 11.9 Å². The van der Waals surface area contributed by atoms with Gasteiger partial charge in [-0.05, 0) is 37.7 Å². The lowest BCUT2D eigenvalue weighted by molar-refractivity contribution is 0.0643. The number of likely N-dealkylation sites (N-methyl/N-ethyl adjacent to an activating group) is 1. The fraction of sp³-hybridized carbons (Fsp3) is 0.368. The van der Waals surface area contributed by atoms with E-state index in [4.69, 9.17) is 14.2 Å². The molecule has 1 aliphatic heterocycles. The highest BCUT2D eigenvalue weighted by molar-refractivity contribution is 5.85. The molecule has 0 fully saturated rings. The van der Waals surface area contributed by atoms with Crippen molar-refractivity contribution in [2.75, 3.05) is 33.4 Å². The number of rotatable bonds is 7. The topological polar surface area (TPSA) is 30.9 Å². The summed E-state index contributed by atoms with van der Waals surface area (Å²) in [7, 11) is 2.10. The molecule has 1 atom stereocenters. The third-order valence-electron chi connectivity index (χ3n) is 3.78. The van der Waals surface area contributed by atoms with Gasteiger partial charge in [0.25, 0.3) is 0 Å². The van der Waals surface area contributed by atoms with Gasteiger partial charge in [0.15, 0.2) is 11.5 Å². The molecular formula is C19H24ClNO3. The van der Waals surface area contributed by atoms with Crippen molar-refractivity contribution in [2.24, 2.45) is 0 Å². The molecule has 0 saturated heterocycles. The van der Waals surface area contributed by atoms with Crippen molar-refractivity contribution in [3.05, 3.63) is 54.6 Å². The maximum atomic E-state index is 5.98. The van der Waals surface area contributed by atoms with Crippen LogP contribution in [0, 0.1) is 0 Å². The Bertz CT molecular complexity index is 609. The second-order valence-electron chi connectivity index (χ2n) is 5.77. The van der Waals surface area contributed by atoms with Crippen LogP contribution in [0.15, 0.2) is 54.6 Å². The number of hydrogen-bond donors (Lipinski definition) is 0. The number of halogens is 1. The van der Waals surface area contributed by atoms with E-state index < -0.39 is 0 Å². The van der Waals surface area contributed by atoms with E-state index in [1.807, 2.05) is 54.6 Å². The summed E-state index contributed by atoms with van der Waals surface area (Å²) < 4.78 is 17.4. The maximum Gasteiger partial charge on any atom is 0.161 e. The van der Waals surface area contributed by atoms with Crippen molar-refractivity contribution in [1.29, 1.82) is 0 Å². The van der Waals surface area contributed by atoms with Gasteiger partial charge in [0.2, 0.25) is 0 Å². The van der Waals surface area contributed by atoms with Crippen LogP contribution in [-0.2, 0) is 0 Å². The summed E-state index contributed by atoms with van der Waals surface area (Å²) in [5.74, 6) is 2.60. The van der Waals surface area contributed by atoms with Crippen molar-refractivity contribution in [3.8, 4) is 17.2 Å². The zero-order chi connectivity index (χ0) is 15.9. The Kier molecular flexibility index (Phi) is 7.22. The molecule has 1 unspecified atom stereocenters. The Balaban J connectivity index is 0.00000208. The second-order valence-corrected chi connectivity index (χ2v) is 5.77. The SMILES string of the molecule is CN(CCCOc1ccccc1)CC1COc2ccccc2O1.Cl. The van der Waals surface area contributed by atoms with E-state index in [0.29, 0.717) is 6.61 Å². The average Bonchev–Trinajstić information content (AvgIpc) is 2.59. The van der Waals surface area contributed by atoms with Crippen LogP contribution < -0.4 is 14.2 Å². The lowest BCUT2D eigenvalue weighted by Crippen LogP contribution is -2.39. The molecule has 5 heteroatoms. The van der Waals surface area contributed by atoms with Crippen molar-refractivity contribution in [3.63, 3.8) is 0 Å². The van der Waals surface area contributed by atoms with Gasteiger partial charge in [-0.15, -0.1) is 12.4 Å². The lowest BCUT2D eigenvalue weighted by atomic mass is 10.2. The van der Waals surface area contributed by atoms with Crippen LogP contribution in [0.3, 0.4) is 0 Å². The summed E-state index contributed by atoms with van der Waals surface area (Å²) >= 11 is 0. The molecular weight excluding hydrogens is 326 g/mol. The van der Waals surface area contributed by atoms with Crippen LogP contribution in [0.2, 0.25) is 0 Å². The van der Waals surface area contributed by atoms with Gasteiger partial charge >= 0.3 is 0 Å². The summed E-state index contributed by atoms with van der Waals surface area (Å²) in [6, 6.07) is 17.7. The molecule has 3 rings (SSSR count). The van der Waals surface area contributed by atoms with Crippen LogP contribution in [0.4, 0.5) is 0 Å². The molecule has 0 saturated carbocycles. The third-order valence-corrected chi connectivity index (χ3v) is 3.78. The van der Waals surface area contributed by atoms with Crippen molar-refractivity contribution >= 4 is 12.4 Å². The Morgan fingerprint density at radius 3 is 2.54 bits per heavy atom. The normalized spacial score (nSPS) is 15.7. The Hall–Kier alpha value is -1.91. The number of benzene rings is 2. The van der Waals surface area contributed by atoms with Crippen LogP contribution in [0.1, 0.15) is 6.42 Å². The highest BCUT2D eigenvalue weighted by Gasteiger charge is 2.21. The molecule has 0 amide bonds. The van der Waals surface area contributed by atoms with Gasteiger partial charge < -0.3 is 19.1 Å². The maximum absolute atomic E-state index is 5.98. The first-order valence-corrected chi connectivity index (χ1v) is 8.06. The molecule has 0 aromatic heterocycles. The number of nitrogens with zero attached hydrogens (tertiary/aromatic N) is 1. The molecule has 0 N–H and O–H groups in total. The Morgan fingerprint density at radius 2 is 1.75 bits per heavy atom. The smallest absolute Gasteiger partial charge is 0.161 e. The molecule has 4 nitrogen and oxygen atoms in total. The molecule has 1 aliphatic rings. The summed E-state index contributed by atoms with van der Waals surface area (Å²) in [5.41, 5.74) is 0. The van der Waals surface area contributed by atoms with E-state index in [-0.39, 0.29) is 18.5 Å². The minimum Gasteiger partial charge on any atom is -0.494 e. The van der Waals surface area contributed by atoms with Crippen LogP contribution in [0.25, 0.3) is 0 Å². The van der Waals surface area contributed by atoms with Gasteiger partial charge in [-0.1, -0.05) is 30.3 Å². The fourth-order valence-corrected chi connectivity index (χ4v) is 2.63. The first kappa shape index (κ1) is 18.4. The number of ether oxygens (including phenoxy) is 3. The standard InChI is InChI=1S/C19H23NO3.ClH/c1-20(12-7-13-21-16-8-3-2-4-9-16)14-17-15-22-18-10-5-6-11-19(18)23-17;/h2-6,8-11,17H,7,12-15H2,1H3;1H. The number of para-hydroxylation sites is 3. The molecule has 0 bridgehead atoms. The zero-order valence-corrected chi connectivity index (χ0v) is 14.7. The largest absolute Gasteiger partial charge is 0.494 e. The highest BCUT2D eigenvalue weighted by Crippen LogP contribution is 2.30. The molecule has 130 valence electrons. The summed E-state index contributed by atoms with van der Waals surface area (Å²) in [6.07, 6.45) is 1.06. The molecule has 0 radical (unpaired) electrons. The predicted molar refractivity (Wildman–Crippen MR) is 97.7 cm³/mol. The number of fused-ring (bicyclic) bond motifs is 1. The van der Waals surface area contributed by atoms with Gasteiger partial charge in [0.1, 0.15) is 18.5 Å². The molecule has 24 heavy (non-hydrogen) atoms. The molecule has 0 spiro atoms. The first-order chi connectivity index (χ1) is 11.3. The Morgan fingerprint density at radius 1 is 1.04 bits per heavy atom. The zero-order valence-electron chi connectivity index (χ0n) is 13.9. The Labute approximate surface area is 149 Å². The van der Waals surface area contributed by atoms with E-state index in [1.54, 1.807) is 0 Å².